The Balaban J connectivity index is 1.28. The quantitative estimate of drug-likeness (QED) is 0.404. The lowest BCUT2D eigenvalue weighted by atomic mass is 9.89. The molecule has 1 aliphatic rings. The number of hydrogen-bond acceptors (Lipinski definition) is 6. The monoisotopic (exact) mass is 443 g/mol. The number of imidazole rings is 1. The van der Waals surface area contributed by atoms with Crippen LogP contribution in [-0.4, -0.2) is 37.1 Å². The zero-order valence-corrected chi connectivity index (χ0v) is 19.3. The third-order valence-electron chi connectivity index (χ3n) is 6.02. The highest BCUT2D eigenvalue weighted by molar-refractivity contribution is 5.80. The molecule has 3 aromatic heterocycles. The van der Waals surface area contributed by atoms with Crippen molar-refractivity contribution in [2.24, 2.45) is 5.92 Å². The van der Waals surface area contributed by atoms with Crippen molar-refractivity contribution in [1.29, 1.82) is 0 Å². The summed E-state index contributed by atoms with van der Waals surface area (Å²) in [7, 11) is 0. The summed E-state index contributed by atoms with van der Waals surface area (Å²) in [6.45, 7) is 6.32. The molecular formula is C26H29N5O2. The topological polar surface area (TPSA) is 85.8 Å². The summed E-state index contributed by atoms with van der Waals surface area (Å²) in [5.41, 5.74) is 4.39. The molecule has 0 aliphatic heterocycles. The van der Waals surface area contributed by atoms with E-state index in [0.29, 0.717) is 6.01 Å². The maximum absolute atomic E-state index is 5.97. The van der Waals surface area contributed by atoms with Crippen molar-refractivity contribution in [2.45, 2.75) is 58.7 Å². The number of aromatic amines is 1. The number of aromatic nitrogens is 5. The molecule has 0 radical (unpaired) electrons. The summed E-state index contributed by atoms with van der Waals surface area (Å²) in [4.78, 5) is 21.5. The van der Waals surface area contributed by atoms with Crippen LogP contribution in [0.2, 0.25) is 0 Å². The second-order valence-corrected chi connectivity index (χ2v) is 9.12. The van der Waals surface area contributed by atoms with E-state index in [9.17, 15) is 0 Å². The number of benzene rings is 1. The number of H-pyrrole nitrogens is 1. The molecular weight excluding hydrogens is 414 g/mol. The van der Waals surface area contributed by atoms with E-state index in [1.165, 1.54) is 12.8 Å². The van der Waals surface area contributed by atoms with Crippen LogP contribution in [0.4, 0.5) is 0 Å². The second kappa shape index (κ2) is 9.17. The van der Waals surface area contributed by atoms with E-state index in [1.807, 2.05) is 50.4 Å². The maximum Gasteiger partial charge on any atom is 0.316 e. The number of hydrogen-bond donors (Lipinski definition) is 1. The van der Waals surface area contributed by atoms with E-state index in [4.69, 9.17) is 9.47 Å². The van der Waals surface area contributed by atoms with Gasteiger partial charge in [-0.3, -0.25) is 4.98 Å². The van der Waals surface area contributed by atoms with Crippen LogP contribution in [0.5, 0.6) is 11.8 Å². The van der Waals surface area contributed by atoms with E-state index < -0.39 is 0 Å². The smallest absolute Gasteiger partial charge is 0.316 e. The van der Waals surface area contributed by atoms with Gasteiger partial charge < -0.3 is 14.5 Å². The van der Waals surface area contributed by atoms with Crippen molar-refractivity contribution in [3.63, 3.8) is 0 Å². The Labute approximate surface area is 193 Å². The van der Waals surface area contributed by atoms with Crippen LogP contribution in [0, 0.1) is 5.92 Å². The van der Waals surface area contributed by atoms with Gasteiger partial charge in [0.2, 0.25) is 0 Å². The molecule has 0 bridgehead atoms. The van der Waals surface area contributed by atoms with Crippen LogP contribution < -0.4 is 9.47 Å². The minimum Gasteiger partial charge on any atom is -0.491 e. The highest BCUT2D eigenvalue weighted by Crippen LogP contribution is 2.27. The first-order valence-electron chi connectivity index (χ1n) is 11.7. The molecule has 7 heteroatoms. The molecule has 1 N–H and O–H groups in total. The van der Waals surface area contributed by atoms with Crippen LogP contribution in [0.1, 0.15) is 46.5 Å². The zero-order chi connectivity index (χ0) is 22.8. The third kappa shape index (κ3) is 4.97. The van der Waals surface area contributed by atoms with E-state index in [1.54, 1.807) is 12.4 Å². The predicted molar refractivity (Wildman–Crippen MR) is 128 cm³/mol. The van der Waals surface area contributed by atoms with Crippen molar-refractivity contribution in [3.05, 3.63) is 48.9 Å². The first-order chi connectivity index (χ1) is 16.0. The zero-order valence-electron chi connectivity index (χ0n) is 19.3. The average Bonchev–Trinajstić information content (AvgIpc) is 3.24. The SMILES string of the molecule is CC1CCC(Oc2ncc(-c3ccc(-c4nc5ccc(OC(C)C)cc5[nH]4)cn3)cn2)CC1. The molecule has 3 heterocycles. The van der Waals surface area contributed by atoms with Crippen LogP contribution in [-0.2, 0) is 0 Å². The van der Waals surface area contributed by atoms with Crippen LogP contribution in [0.25, 0.3) is 33.7 Å². The van der Waals surface area contributed by atoms with Gasteiger partial charge in [-0.25, -0.2) is 15.0 Å². The largest absolute Gasteiger partial charge is 0.491 e. The van der Waals surface area contributed by atoms with Gasteiger partial charge in [-0.2, -0.15) is 0 Å². The molecule has 5 rings (SSSR count). The second-order valence-electron chi connectivity index (χ2n) is 9.12. The highest BCUT2D eigenvalue weighted by atomic mass is 16.5. The molecule has 0 saturated heterocycles. The molecule has 0 amide bonds. The van der Waals surface area contributed by atoms with E-state index in [0.717, 1.165) is 58.2 Å². The molecule has 0 spiro atoms. The average molecular weight is 444 g/mol. The Morgan fingerprint density at radius 3 is 2.36 bits per heavy atom. The molecule has 7 nitrogen and oxygen atoms in total. The third-order valence-corrected chi connectivity index (χ3v) is 6.02. The van der Waals surface area contributed by atoms with Gasteiger partial charge in [0, 0.05) is 35.8 Å². The molecule has 33 heavy (non-hydrogen) atoms. The summed E-state index contributed by atoms with van der Waals surface area (Å²) in [6, 6.07) is 10.3. The summed E-state index contributed by atoms with van der Waals surface area (Å²) >= 11 is 0. The molecule has 1 aliphatic carbocycles. The molecule has 0 atom stereocenters. The normalized spacial score (nSPS) is 18.5. The number of nitrogens with one attached hydrogen (secondary N) is 1. The van der Waals surface area contributed by atoms with Gasteiger partial charge in [0.05, 0.1) is 22.8 Å². The Morgan fingerprint density at radius 1 is 0.909 bits per heavy atom. The summed E-state index contributed by atoms with van der Waals surface area (Å²) in [5, 5.41) is 0. The van der Waals surface area contributed by atoms with Gasteiger partial charge in [-0.1, -0.05) is 6.92 Å². The fourth-order valence-corrected chi connectivity index (χ4v) is 4.18. The van der Waals surface area contributed by atoms with Crippen LogP contribution in [0.15, 0.2) is 48.9 Å². The fourth-order valence-electron chi connectivity index (χ4n) is 4.18. The first kappa shape index (κ1) is 21.4. The number of pyridine rings is 1. The fraction of sp³-hybridized carbons (Fsp3) is 0.385. The Morgan fingerprint density at radius 2 is 1.67 bits per heavy atom. The van der Waals surface area contributed by atoms with Gasteiger partial charge in [0.15, 0.2) is 0 Å². The Bertz CT molecular complexity index is 1210. The van der Waals surface area contributed by atoms with Crippen LogP contribution >= 0.6 is 0 Å². The minimum atomic E-state index is 0.127. The molecule has 4 aromatic rings. The van der Waals surface area contributed by atoms with Crippen molar-refractivity contribution < 1.29 is 9.47 Å². The molecule has 1 aromatic carbocycles. The molecule has 170 valence electrons. The number of ether oxygens (including phenoxy) is 2. The van der Waals surface area contributed by atoms with Crippen molar-refractivity contribution >= 4 is 11.0 Å². The van der Waals surface area contributed by atoms with Crippen molar-refractivity contribution in [1.82, 2.24) is 24.9 Å². The van der Waals surface area contributed by atoms with Crippen molar-refractivity contribution in [2.75, 3.05) is 0 Å². The lowest BCUT2D eigenvalue weighted by Gasteiger charge is -2.25. The number of rotatable bonds is 6. The standard InChI is InChI=1S/C26H29N5O2/c1-16(2)32-21-9-11-23-24(12-21)31-25(30-23)18-6-10-22(27-13-18)19-14-28-26(29-15-19)33-20-7-4-17(3)5-8-20/h6,9-17,20H,4-5,7-8H2,1-3H3,(H,30,31). The van der Waals surface area contributed by atoms with Crippen LogP contribution in [0.3, 0.4) is 0 Å². The number of fused-ring (bicyclic) bond motifs is 1. The Kier molecular flexibility index (Phi) is 5.94. The van der Waals surface area contributed by atoms with Gasteiger partial charge in [-0.15, -0.1) is 0 Å². The Hall–Kier alpha value is -3.48. The molecule has 1 saturated carbocycles. The lowest BCUT2D eigenvalue weighted by molar-refractivity contribution is 0.124. The maximum atomic E-state index is 5.97. The number of nitrogens with zero attached hydrogens (tertiary/aromatic N) is 4. The minimum absolute atomic E-state index is 0.127. The lowest BCUT2D eigenvalue weighted by Crippen LogP contribution is -2.23. The van der Waals surface area contributed by atoms with Gasteiger partial charge in [-0.05, 0) is 69.7 Å². The highest BCUT2D eigenvalue weighted by Gasteiger charge is 2.20. The van der Waals surface area contributed by atoms with E-state index in [-0.39, 0.29) is 12.2 Å². The van der Waals surface area contributed by atoms with E-state index >= 15 is 0 Å². The van der Waals surface area contributed by atoms with Gasteiger partial charge >= 0.3 is 6.01 Å². The first-order valence-corrected chi connectivity index (χ1v) is 11.7. The summed E-state index contributed by atoms with van der Waals surface area (Å²) in [5.74, 6) is 2.39. The summed E-state index contributed by atoms with van der Waals surface area (Å²) < 4.78 is 11.7. The van der Waals surface area contributed by atoms with Gasteiger partial charge in [0.1, 0.15) is 17.7 Å². The van der Waals surface area contributed by atoms with Crippen molar-refractivity contribution in [3.8, 4) is 34.4 Å². The van der Waals surface area contributed by atoms with Gasteiger partial charge in [0.25, 0.3) is 0 Å². The molecule has 0 unspecified atom stereocenters. The predicted octanol–water partition coefficient (Wildman–Crippen LogP) is 5.83. The molecule has 1 fully saturated rings. The summed E-state index contributed by atoms with van der Waals surface area (Å²) in [6.07, 6.45) is 10.3. The van der Waals surface area contributed by atoms with E-state index in [2.05, 4.69) is 31.8 Å².